The van der Waals surface area contributed by atoms with Crippen LogP contribution in [0.4, 0.5) is 11.5 Å². The number of aryl methyl sites for hydroxylation is 1. The van der Waals surface area contributed by atoms with E-state index >= 15 is 0 Å². The Hall–Kier alpha value is -2.69. The van der Waals surface area contributed by atoms with Gasteiger partial charge in [-0.1, -0.05) is 0 Å². The number of methoxy groups -OCH3 is 1. The molecule has 0 fully saturated rings. The first-order valence-corrected chi connectivity index (χ1v) is 6.83. The van der Waals surface area contributed by atoms with Gasteiger partial charge in [0.25, 0.3) is 0 Å². The van der Waals surface area contributed by atoms with Crippen molar-refractivity contribution in [2.45, 2.75) is 13.5 Å². The fraction of sp³-hybridized carbons (Fsp3) is 0.188. The van der Waals surface area contributed by atoms with Crippen LogP contribution in [0.15, 0.2) is 36.5 Å². The average molecular weight is 282 g/mol. The highest BCUT2D eigenvalue weighted by Crippen LogP contribution is 2.37. The molecule has 3 rings (SSSR count). The summed E-state index contributed by atoms with van der Waals surface area (Å²) in [5.74, 6) is 1.31. The number of hydrogen-bond donors (Lipinski definition) is 2. The van der Waals surface area contributed by atoms with Crippen LogP contribution in [0.2, 0.25) is 0 Å². The van der Waals surface area contributed by atoms with Gasteiger partial charge < -0.3 is 20.8 Å². The minimum absolute atomic E-state index is 0.498. The molecule has 108 valence electrons. The predicted octanol–water partition coefficient (Wildman–Crippen LogP) is 2.90. The van der Waals surface area contributed by atoms with Crippen molar-refractivity contribution in [3.8, 4) is 17.0 Å². The van der Waals surface area contributed by atoms with Gasteiger partial charge in [-0.05, 0) is 31.2 Å². The number of rotatable bonds is 3. The zero-order valence-corrected chi connectivity index (χ0v) is 12.1. The molecule has 3 aromatic rings. The second kappa shape index (κ2) is 5.01. The van der Waals surface area contributed by atoms with E-state index in [1.807, 2.05) is 24.3 Å². The number of anilines is 2. The van der Waals surface area contributed by atoms with Gasteiger partial charge in [0.15, 0.2) is 0 Å². The molecule has 0 amide bonds. The fourth-order valence-corrected chi connectivity index (χ4v) is 2.67. The molecule has 5 nitrogen and oxygen atoms in total. The Balaban J connectivity index is 2.31. The molecule has 0 aliphatic carbocycles. The molecule has 0 saturated heterocycles. The Morgan fingerprint density at radius 1 is 1.19 bits per heavy atom. The molecule has 21 heavy (non-hydrogen) atoms. The first-order chi connectivity index (χ1) is 10.2. The van der Waals surface area contributed by atoms with Crippen LogP contribution in [-0.4, -0.2) is 16.7 Å². The molecule has 2 aromatic heterocycles. The van der Waals surface area contributed by atoms with E-state index in [2.05, 4.69) is 16.5 Å². The number of aromatic nitrogens is 2. The number of ether oxygens (including phenoxy) is 1. The number of nitrogen functional groups attached to an aromatic ring is 2. The lowest BCUT2D eigenvalue weighted by atomic mass is 10.1. The molecule has 0 aliphatic rings. The smallest absolute Gasteiger partial charge is 0.123 e. The Bertz CT molecular complexity index is 790. The zero-order valence-electron chi connectivity index (χ0n) is 12.1. The molecule has 0 aliphatic heterocycles. The van der Waals surface area contributed by atoms with Crippen molar-refractivity contribution >= 4 is 22.4 Å². The third-order valence-electron chi connectivity index (χ3n) is 3.69. The summed E-state index contributed by atoms with van der Waals surface area (Å²) in [6.07, 6.45) is 1.75. The molecule has 4 N–H and O–H groups in total. The Labute approximate surface area is 123 Å². The maximum atomic E-state index is 6.36. The fourth-order valence-electron chi connectivity index (χ4n) is 2.67. The molecule has 0 unspecified atom stereocenters. The highest BCUT2D eigenvalue weighted by atomic mass is 16.5. The van der Waals surface area contributed by atoms with Crippen molar-refractivity contribution in [3.63, 3.8) is 0 Å². The molecular formula is C16H18N4O. The third kappa shape index (κ3) is 2.07. The van der Waals surface area contributed by atoms with Gasteiger partial charge in [0.2, 0.25) is 0 Å². The predicted molar refractivity (Wildman–Crippen MR) is 86.2 cm³/mol. The molecule has 1 aromatic carbocycles. The summed E-state index contributed by atoms with van der Waals surface area (Å²) in [4.78, 5) is 4.16. The minimum Gasteiger partial charge on any atom is -0.497 e. The van der Waals surface area contributed by atoms with Crippen molar-refractivity contribution in [1.29, 1.82) is 0 Å². The van der Waals surface area contributed by atoms with E-state index in [1.165, 1.54) is 0 Å². The van der Waals surface area contributed by atoms with Crippen molar-refractivity contribution in [1.82, 2.24) is 9.55 Å². The lowest BCUT2D eigenvalue weighted by Gasteiger charge is -2.09. The van der Waals surface area contributed by atoms with E-state index in [9.17, 15) is 0 Å². The summed E-state index contributed by atoms with van der Waals surface area (Å²) in [5, 5.41) is 1.02. The van der Waals surface area contributed by atoms with Gasteiger partial charge in [-0.2, -0.15) is 0 Å². The van der Waals surface area contributed by atoms with E-state index in [0.717, 1.165) is 40.1 Å². The number of hydrogen-bond acceptors (Lipinski definition) is 4. The van der Waals surface area contributed by atoms with Crippen LogP contribution in [0.25, 0.3) is 22.2 Å². The molecule has 0 radical (unpaired) electrons. The molecule has 5 heteroatoms. The van der Waals surface area contributed by atoms with E-state index in [0.29, 0.717) is 5.82 Å². The zero-order chi connectivity index (χ0) is 15.0. The van der Waals surface area contributed by atoms with Crippen LogP contribution in [0.3, 0.4) is 0 Å². The summed E-state index contributed by atoms with van der Waals surface area (Å²) < 4.78 is 7.48. The summed E-state index contributed by atoms with van der Waals surface area (Å²) in [6.45, 7) is 2.90. The largest absolute Gasteiger partial charge is 0.497 e. The van der Waals surface area contributed by atoms with Crippen LogP contribution in [-0.2, 0) is 6.54 Å². The van der Waals surface area contributed by atoms with Gasteiger partial charge in [0, 0.05) is 29.8 Å². The normalized spacial score (nSPS) is 11.0. The number of fused-ring (bicyclic) bond motifs is 1. The van der Waals surface area contributed by atoms with Crippen molar-refractivity contribution in [2.75, 3.05) is 18.6 Å². The van der Waals surface area contributed by atoms with Crippen LogP contribution < -0.4 is 16.2 Å². The number of benzene rings is 1. The Morgan fingerprint density at radius 3 is 2.62 bits per heavy atom. The van der Waals surface area contributed by atoms with Crippen LogP contribution in [0.1, 0.15) is 6.92 Å². The number of nitrogens with two attached hydrogens (primary N) is 2. The van der Waals surface area contributed by atoms with E-state index in [4.69, 9.17) is 16.2 Å². The van der Waals surface area contributed by atoms with Gasteiger partial charge in [0.1, 0.15) is 11.6 Å². The van der Waals surface area contributed by atoms with E-state index in [-0.39, 0.29) is 0 Å². The quantitative estimate of drug-likeness (QED) is 0.774. The standard InChI is InChI=1S/C16H18N4O/c1-3-20-13-8-11(21-2)5-6-12(13)15(18)16(20)10-4-7-14(17)19-9-10/h4-9H,3,18H2,1-2H3,(H2,17,19). The summed E-state index contributed by atoms with van der Waals surface area (Å²) >= 11 is 0. The van der Waals surface area contributed by atoms with E-state index in [1.54, 1.807) is 19.4 Å². The molecule has 0 atom stereocenters. The molecular weight excluding hydrogens is 264 g/mol. The van der Waals surface area contributed by atoms with Gasteiger partial charge in [0.05, 0.1) is 24.0 Å². The molecule has 0 saturated carbocycles. The molecule has 2 heterocycles. The third-order valence-corrected chi connectivity index (χ3v) is 3.69. The summed E-state index contributed by atoms with van der Waals surface area (Å²) in [7, 11) is 1.66. The van der Waals surface area contributed by atoms with Crippen molar-refractivity contribution < 1.29 is 4.74 Å². The second-order valence-electron chi connectivity index (χ2n) is 4.86. The number of nitrogens with zero attached hydrogens (tertiary/aromatic N) is 2. The Morgan fingerprint density at radius 2 is 2.00 bits per heavy atom. The summed E-state index contributed by atoms with van der Waals surface area (Å²) in [6, 6.07) is 9.64. The monoisotopic (exact) mass is 282 g/mol. The summed E-state index contributed by atoms with van der Waals surface area (Å²) in [5.41, 5.74) is 15.7. The number of pyridine rings is 1. The SMILES string of the molecule is CCn1c(-c2ccc(N)nc2)c(N)c2ccc(OC)cc21. The lowest BCUT2D eigenvalue weighted by molar-refractivity contribution is 0.415. The van der Waals surface area contributed by atoms with Crippen molar-refractivity contribution in [2.24, 2.45) is 0 Å². The lowest BCUT2D eigenvalue weighted by Crippen LogP contribution is -1.99. The van der Waals surface area contributed by atoms with Crippen LogP contribution in [0, 0.1) is 0 Å². The first-order valence-electron chi connectivity index (χ1n) is 6.83. The van der Waals surface area contributed by atoms with Crippen LogP contribution in [0.5, 0.6) is 5.75 Å². The van der Waals surface area contributed by atoms with Gasteiger partial charge in [-0.15, -0.1) is 0 Å². The average Bonchev–Trinajstić information content (AvgIpc) is 2.80. The first kappa shape index (κ1) is 13.3. The highest BCUT2D eigenvalue weighted by Gasteiger charge is 2.16. The van der Waals surface area contributed by atoms with E-state index < -0.39 is 0 Å². The van der Waals surface area contributed by atoms with Crippen molar-refractivity contribution in [3.05, 3.63) is 36.5 Å². The van der Waals surface area contributed by atoms with Gasteiger partial charge >= 0.3 is 0 Å². The maximum Gasteiger partial charge on any atom is 0.123 e. The van der Waals surface area contributed by atoms with Gasteiger partial charge in [-0.3, -0.25) is 0 Å². The Kier molecular flexibility index (Phi) is 3.17. The molecule has 0 spiro atoms. The molecule has 0 bridgehead atoms. The van der Waals surface area contributed by atoms with Gasteiger partial charge in [-0.25, -0.2) is 4.98 Å². The van der Waals surface area contributed by atoms with Crippen LogP contribution >= 0.6 is 0 Å². The minimum atomic E-state index is 0.498. The maximum absolute atomic E-state index is 6.36. The topological polar surface area (TPSA) is 79.1 Å². The second-order valence-corrected chi connectivity index (χ2v) is 4.86. The highest BCUT2D eigenvalue weighted by molar-refractivity contribution is 6.01.